The van der Waals surface area contributed by atoms with E-state index in [1.807, 2.05) is 24.3 Å². The minimum Gasteiger partial charge on any atom is -0.494 e. The van der Waals surface area contributed by atoms with Crippen molar-refractivity contribution in [2.75, 3.05) is 26.2 Å². The Morgan fingerprint density at radius 3 is 2.82 bits per heavy atom. The second-order valence-corrected chi connectivity index (χ2v) is 6.11. The third kappa shape index (κ3) is 5.34. The molecule has 1 amide bonds. The summed E-state index contributed by atoms with van der Waals surface area (Å²) in [5, 5.41) is 3.09. The summed E-state index contributed by atoms with van der Waals surface area (Å²) < 4.78 is 5.58. The average Bonchev–Trinajstić information content (AvgIpc) is 2.54. The van der Waals surface area contributed by atoms with E-state index < -0.39 is 0 Å². The maximum Gasteiger partial charge on any atom is 0.251 e. The van der Waals surface area contributed by atoms with Gasteiger partial charge in [-0.3, -0.25) is 4.79 Å². The Kier molecular flexibility index (Phi) is 6.72. The summed E-state index contributed by atoms with van der Waals surface area (Å²) in [5.41, 5.74) is 0.666. The minimum atomic E-state index is -0.0218. The topological polar surface area (TPSA) is 41.6 Å². The highest BCUT2D eigenvalue weighted by molar-refractivity contribution is 5.94. The molecule has 22 heavy (non-hydrogen) atoms. The Labute approximate surface area is 133 Å². The number of nitrogens with one attached hydrogen (secondary N) is 1. The standard InChI is InChI=1S/C18H28N2O2/c1-3-12-22-17-9-7-8-16(13-17)18(21)19-15(2)14-20-10-5-4-6-11-20/h7-9,13,15H,3-6,10-12,14H2,1-2H3,(H,19,21). The van der Waals surface area contributed by atoms with Crippen LogP contribution in [0.1, 0.15) is 49.9 Å². The SMILES string of the molecule is CCCOc1cccc(C(=O)NC(C)CN2CCCCC2)c1. The molecule has 0 aromatic heterocycles. The molecule has 0 radical (unpaired) electrons. The Hall–Kier alpha value is -1.55. The lowest BCUT2D eigenvalue weighted by atomic mass is 10.1. The first-order chi connectivity index (χ1) is 10.7. The molecule has 0 aliphatic carbocycles. The van der Waals surface area contributed by atoms with Crippen LogP contribution in [-0.2, 0) is 0 Å². The molecule has 1 aliphatic rings. The molecule has 0 bridgehead atoms. The summed E-state index contributed by atoms with van der Waals surface area (Å²) in [6, 6.07) is 7.57. The molecule has 2 rings (SSSR count). The van der Waals surface area contributed by atoms with Crippen molar-refractivity contribution < 1.29 is 9.53 Å². The van der Waals surface area contributed by atoms with Crippen molar-refractivity contribution >= 4 is 5.91 Å². The van der Waals surface area contributed by atoms with Crippen LogP contribution < -0.4 is 10.1 Å². The van der Waals surface area contributed by atoms with Crippen molar-refractivity contribution in [3.05, 3.63) is 29.8 Å². The van der Waals surface area contributed by atoms with Crippen LogP contribution in [0.2, 0.25) is 0 Å². The van der Waals surface area contributed by atoms with Crippen LogP contribution >= 0.6 is 0 Å². The molecule has 0 spiro atoms. The van der Waals surface area contributed by atoms with E-state index in [1.54, 1.807) is 0 Å². The monoisotopic (exact) mass is 304 g/mol. The first-order valence-electron chi connectivity index (χ1n) is 8.45. The van der Waals surface area contributed by atoms with Crippen LogP contribution in [0.4, 0.5) is 0 Å². The molecule has 1 saturated heterocycles. The van der Waals surface area contributed by atoms with Gasteiger partial charge in [0.15, 0.2) is 0 Å². The molecule has 4 nitrogen and oxygen atoms in total. The Bertz CT molecular complexity index is 470. The van der Waals surface area contributed by atoms with Crippen LogP contribution in [0.5, 0.6) is 5.75 Å². The number of benzene rings is 1. The first kappa shape index (κ1) is 16.8. The predicted molar refractivity (Wildman–Crippen MR) is 89.4 cm³/mol. The quantitative estimate of drug-likeness (QED) is 0.841. The molecule has 1 atom stereocenters. The van der Waals surface area contributed by atoms with Crippen molar-refractivity contribution in [2.24, 2.45) is 0 Å². The van der Waals surface area contributed by atoms with Gasteiger partial charge in [-0.25, -0.2) is 0 Å². The molecule has 122 valence electrons. The van der Waals surface area contributed by atoms with Gasteiger partial charge in [-0.2, -0.15) is 0 Å². The molecular formula is C18H28N2O2. The van der Waals surface area contributed by atoms with Crippen LogP contribution in [0, 0.1) is 0 Å². The van der Waals surface area contributed by atoms with Gasteiger partial charge in [-0.05, 0) is 57.5 Å². The number of amides is 1. The van der Waals surface area contributed by atoms with Gasteiger partial charge in [0.05, 0.1) is 6.61 Å². The van der Waals surface area contributed by atoms with Crippen LogP contribution in [-0.4, -0.2) is 43.1 Å². The van der Waals surface area contributed by atoms with Crippen molar-refractivity contribution in [3.8, 4) is 5.75 Å². The van der Waals surface area contributed by atoms with E-state index in [0.717, 1.165) is 31.8 Å². The molecule has 1 N–H and O–H groups in total. The zero-order chi connectivity index (χ0) is 15.8. The van der Waals surface area contributed by atoms with Crippen molar-refractivity contribution in [2.45, 2.75) is 45.6 Å². The lowest BCUT2D eigenvalue weighted by Crippen LogP contribution is -2.43. The van der Waals surface area contributed by atoms with Crippen molar-refractivity contribution in [3.63, 3.8) is 0 Å². The van der Waals surface area contributed by atoms with E-state index in [-0.39, 0.29) is 11.9 Å². The number of hydrogen-bond acceptors (Lipinski definition) is 3. The van der Waals surface area contributed by atoms with Gasteiger partial charge >= 0.3 is 0 Å². The van der Waals surface area contributed by atoms with Gasteiger partial charge in [0.1, 0.15) is 5.75 Å². The largest absolute Gasteiger partial charge is 0.494 e. The molecular weight excluding hydrogens is 276 g/mol. The molecule has 1 aromatic carbocycles. The van der Waals surface area contributed by atoms with Crippen LogP contribution in [0.3, 0.4) is 0 Å². The van der Waals surface area contributed by atoms with Crippen LogP contribution in [0.15, 0.2) is 24.3 Å². The van der Waals surface area contributed by atoms with Gasteiger partial charge in [-0.15, -0.1) is 0 Å². The smallest absolute Gasteiger partial charge is 0.251 e. The van der Waals surface area contributed by atoms with Crippen LogP contribution in [0.25, 0.3) is 0 Å². The molecule has 1 heterocycles. The highest BCUT2D eigenvalue weighted by atomic mass is 16.5. The summed E-state index contributed by atoms with van der Waals surface area (Å²) in [6.07, 6.45) is 4.85. The first-order valence-corrected chi connectivity index (χ1v) is 8.45. The zero-order valence-electron chi connectivity index (χ0n) is 13.8. The maximum atomic E-state index is 12.3. The van der Waals surface area contributed by atoms with E-state index in [1.165, 1.54) is 19.3 Å². The fourth-order valence-electron chi connectivity index (χ4n) is 2.83. The molecule has 0 saturated carbocycles. The Balaban J connectivity index is 1.85. The zero-order valence-corrected chi connectivity index (χ0v) is 13.8. The lowest BCUT2D eigenvalue weighted by molar-refractivity contribution is 0.0925. The fourth-order valence-corrected chi connectivity index (χ4v) is 2.83. The number of nitrogens with zero attached hydrogens (tertiary/aromatic N) is 1. The molecule has 1 aromatic rings. The number of piperidine rings is 1. The predicted octanol–water partition coefficient (Wildman–Crippen LogP) is 3.08. The third-order valence-electron chi connectivity index (χ3n) is 3.93. The van der Waals surface area contributed by atoms with E-state index in [4.69, 9.17) is 4.74 Å². The van der Waals surface area contributed by atoms with E-state index in [9.17, 15) is 4.79 Å². The van der Waals surface area contributed by atoms with E-state index in [0.29, 0.717) is 12.2 Å². The third-order valence-corrected chi connectivity index (χ3v) is 3.93. The normalized spacial score (nSPS) is 17.0. The van der Waals surface area contributed by atoms with Gasteiger partial charge in [0.2, 0.25) is 0 Å². The summed E-state index contributed by atoms with van der Waals surface area (Å²) in [5.74, 6) is 0.740. The fraction of sp³-hybridized carbons (Fsp3) is 0.611. The van der Waals surface area contributed by atoms with Crippen molar-refractivity contribution in [1.82, 2.24) is 10.2 Å². The highest BCUT2D eigenvalue weighted by Crippen LogP contribution is 2.14. The maximum absolute atomic E-state index is 12.3. The number of ether oxygens (including phenoxy) is 1. The number of hydrogen-bond donors (Lipinski definition) is 1. The second-order valence-electron chi connectivity index (χ2n) is 6.11. The summed E-state index contributed by atoms with van der Waals surface area (Å²) in [7, 11) is 0. The second kappa shape index (κ2) is 8.79. The van der Waals surface area contributed by atoms with Gasteiger partial charge in [0, 0.05) is 18.2 Å². The number of carbonyl (C=O) groups excluding carboxylic acids is 1. The van der Waals surface area contributed by atoms with E-state index in [2.05, 4.69) is 24.1 Å². The molecule has 4 heteroatoms. The van der Waals surface area contributed by atoms with Gasteiger partial charge < -0.3 is 15.0 Å². The number of carbonyl (C=O) groups is 1. The Morgan fingerprint density at radius 2 is 2.09 bits per heavy atom. The van der Waals surface area contributed by atoms with Gasteiger partial charge in [-0.1, -0.05) is 19.4 Å². The molecule has 1 unspecified atom stereocenters. The number of rotatable bonds is 7. The highest BCUT2D eigenvalue weighted by Gasteiger charge is 2.15. The van der Waals surface area contributed by atoms with Gasteiger partial charge in [0.25, 0.3) is 5.91 Å². The van der Waals surface area contributed by atoms with Crippen molar-refractivity contribution in [1.29, 1.82) is 0 Å². The average molecular weight is 304 g/mol. The minimum absolute atomic E-state index is 0.0218. The molecule has 1 aliphatic heterocycles. The summed E-state index contributed by atoms with van der Waals surface area (Å²) >= 11 is 0. The van der Waals surface area contributed by atoms with E-state index >= 15 is 0 Å². The Morgan fingerprint density at radius 1 is 1.32 bits per heavy atom. The number of likely N-dealkylation sites (tertiary alicyclic amines) is 1. The summed E-state index contributed by atoms with van der Waals surface area (Å²) in [6.45, 7) is 8.05. The molecule has 1 fully saturated rings. The summed E-state index contributed by atoms with van der Waals surface area (Å²) in [4.78, 5) is 14.8. The lowest BCUT2D eigenvalue weighted by Gasteiger charge is -2.29.